The number of ether oxygens (including phenoxy) is 1. The van der Waals surface area contributed by atoms with Crippen molar-refractivity contribution in [3.05, 3.63) is 0 Å². The SMILES string of the molecule is CC1CCCC(NC(=O)OC(C)C)CC1. The van der Waals surface area contributed by atoms with Crippen molar-refractivity contribution in [2.75, 3.05) is 0 Å². The van der Waals surface area contributed by atoms with Gasteiger partial charge in [-0.15, -0.1) is 0 Å². The van der Waals surface area contributed by atoms with E-state index >= 15 is 0 Å². The molecule has 0 radical (unpaired) electrons. The summed E-state index contributed by atoms with van der Waals surface area (Å²) in [7, 11) is 0. The monoisotopic (exact) mass is 213 g/mol. The van der Waals surface area contributed by atoms with Crippen molar-refractivity contribution >= 4 is 6.09 Å². The topological polar surface area (TPSA) is 38.3 Å². The first-order valence-electron chi connectivity index (χ1n) is 6.05. The van der Waals surface area contributed by atoms with Gasteiger partial charge in [-0.05, 0) is 39.0 Å². The molecule has 0 saturated heterocycles. The molecule has 0 aromatic heterocycles. The highest BCUT2D eigenvalue weighted by molar-refractivity contribution is 5.67. The number of hydrogen-bond acceptors (Lipinski definition) is 2. The highest BCUT2D eigenvalue weighted by atomic mass is 16.6. The fraction of sp³-hybridized carbons (Fsp3) is 0.917. The second-order valence-electron chi connectivity index (χ2n) is 4.91. The molecule has 1 aliphatic carbocycles. The molecule has 2 unspecified atom stereocenters. The Balaban J connectivity index is 2.28. The standard InChI is InChI=1S/C12H23NO2/c1-9(2)15-12(14)13-11-6-4-5-10(3)7-8-11/h9-11H,4-8H2,1-3H3,(H,13,14). The third-order valence-electron chi connectivity index (χ3n) is 2.92. The maximum Gasteiger partial charge on any atom is 0.407 e. The summed E-state index contributed by atoms with van der Waals surface area (Å²) in [5.74, 6) is 0.804. The summed E-state index contributed by atoms with van der Waals surface area (Å²) in [5.41, 5.74) is 0. The Kier molecular flexibility index (Phi) is 4.92. The van der Waals surface area contributed by atoms with Gasteiger partial charge in [0.15, 0.2) is 0 Å². The summed E-state index contributed by atoms with van der Waals surface area (Å²) >= 11 is 0. The molecule has 88 valence electrons. The quantitative estimate of drug-likeness (QED) is 0.716. The van der Waals surface area contributed by atoms with E-state index in [9.17, 15) is 4.79 Å². The van der Waals surface area contributed by atoms with Gasteiger partial charge in [-0.3, -0.25) is 0 Å². The largest absolute Gasteiger partial charge is 0.447 e. The van der Waals surface area contributed by atoms with Crippen LogP contribution in [0.15, 0.2) is 0 Å². The maximum atomic E-state index is 11.4. The Hall–Kier alpha value is -0.730. The molecule has 2 atom stereocenters. The van der Waals surface area contributed by atoms with Crippen LogP contribution in [0.3, 0.4) is 0 Å². The molecular formula is C12H23NO2. The Morgan fingerprint density at radius 2 is 2.00 bits per heavy atom. The summed E-state index contributed by atoms with van der Waals surface area (Å²) in [4.78, 5) is 11.4. The minimum absolute atomic E-state index is 0.0327. The van der Waals surface area contributed by atoms with Crippen molar-refractivity contribution in [3.8, 4) is 0 Å². The third kappa shape index (κ3) is 5.05. The molecule has 0 bridgehead atoms. The normalized spacial score (nSPS) is 27.2. The summed E-state index contributed by atoms with van der Waals surface area (Å²) < 4.78 is 5.07. The zero-order valence-corrected chi connectivity index (χ0v) is 10.1. The van der Waals surface area contributed by atoms with Gasteiger partial charge in [-0.25, -0.2) is 4.79 Å². The average molecular weight is 213 g/mol. The second kappa shape index (κ2) is 5.99. The molecule has 3 nitrogen and oxygen atoms in total. The highest BCUT2D eigenvalue weighted by Crippen LogP contribution is 2.22. The minimum Gasteiger partial charge on any atom is -0.447 e. The van der Waals surface area contributed by atoms with Crippen LogP contribution in [0.25, 0.3) is 0 Å². The van der Waals surface area contributed by atoms with Gasteiger partial charge >= 0.3 is 6.09 Å². The lowest BCUT2D eigenvalue weighted by Gasteiger charge is -2.17. The number of alkyl carbamates (subject to hydrolysis) is 1. The van der Waals surface area contributed by atoms with Crippen molar-refractivity contribution < 1.29 is 9.53 Å². The van der Waals surface area contributed by atoms with Crippen LogP contribution < -0.4 is 5.32 Å². The van der Waals surface area contributed by atoms with Crippen LogP contribution in [0.5, 0.6) is 0 Å². The molecule has 1 N–H and O–H groups in total. The zero-order valence-electron chi connectivity index (χ0n) is 10.1. The van der Waals surface area contributed by atoms with Gasteiger partial charge in [-0.1, -0.05) is 19.8 Å². The molecule has 0 aromatic rings. The summed E-state index contributed by atoms with van der Waals surface area (Å²) in [6.07, 6.45) is 5.61. The molecule has 0 aliphatic heterocycles. The van der Waals surface area contributed by atoms with Crippen molar-refractivity contribution in [3.63, 3.8) is 0 Å². The van der Waals surface area contributed by atoms with Gasteiger partial charge in [0.1, 0.15) is 0 Å². The first-order chi connectivity index (χ1) is 7.08. The van der Waals surface area contributed by atoms with E-state index in [1.807, 2.05) is 13.8 Å². The third-order valence-corrected chi connectivity index (χ3v) is 2.92. The molecular weight excluding hydrogens is 190 g/mol. The fourth-order valence-electron chi connectivity index (χ4n) is 2.05. The lowest BCUT2D eigenvalue weighted by Crippen LogP contribution is -2.36. The molecule has 1 aliphatic rings. The average Bonchev–Trinajstić information content (AvgIpc) is 2.29. The molecule has 1 fully saturated rings. The van der Waals surface area contributed by atoms with Gasteiger partial charge in [0.2, 0.25) is 0 Å². The molecule has 1 rings (SSSR count). The van der Waals surface area contributed by atoms with Crippen LogP contribution >= 0.6 is 0 Å². The van der Waals surface area contributed by atoms with Crippen LogP contribution in [0.1, 0.15) is 52.9 Å². The lowest BCUT2D eigenvalue weighted by atomic mass is 10.0. The van der Waals surface area contributed by atoms with Crippen LogP contribution in [0.4, 0.5) is 4.79 Å². The van der Waals surface area contributed by atoms with E-state index in [1.54, 1.807) is 0 Å². The Bertz CT molecular complexity index is 204. The molecule has 1 amide bonds. The van der Waals surface area contributed by atoms with Crippen molar-refractivity contribution in [2.45, 2.75) is 65.0 Å². The molecule has 15 heavy (non-hydrogen) atoms. The first kappa shape index (κ1) is 12.3. The predicted octanol–water partition coefficient (Wildman–Crippen LogP) is 3.09. The highest BCUT2D eigenvalue weighted by Gasteiger charge is 2.18. The molecule has 0 aromatic carbocycles. The zero-order chi connectivity index (χ0) is 11.3. The Morgan fingerprint density at radius 3 is 2.67 bits per heavy atom. The van der Waals surface area contributed by atoms with E-state index in [2.05, 4.69) is 12.2 Å². The molecule has 0 spiro atoms. The molecule has 0 heterocycles. The number of carbonyl (C=O) groups excluding carboxylic acids is 1. The van der Waals surface area contributed by atoms with Crippen LogP contribution in [-0.2, 0) is 4.74 Å². The second-order valence-corrected chi connectivity index (χ2v) is 4.91. The summed E-state index contributed by atoms with van der Waals surface area (Å²) in [6.45, 7) is 6.03. The number of hydrogen-bond donors (Lipinski definition) is 1. The maximum absolute atomic E-state index is 11.4. The van der Waals surface area contributed by atoms with Gasteiger partial charge in [0, 0.05) is 6.04 Å². The molecule has 3 heteroatoms. The Labute approximate surface area is 92.6 Å². The van der Waals surface area contributed by atoms with Crippen molar-refractivity contribution in [2.24, 2.45) is 5.92 Å². The number of nitrogens with one attached hydrogen (secondary N) is 1. The predicted molar refractivity (Wildman–Crippen MR) is 60.8 cm³/mol. The number of rotatable bonds is 2. The van der Waals surface area contributed by atoms with Crippen LogP contribution in [0.2, 0.25) is 0 Å². The van der Waals surface area contributed by atoms with E-state index in [4.69, 9.17) is 4.74 Å². The van der Waals surface area contributed by atoms with Gasteiger partial charge < -0.3 is 10.1 Å². The van der Waals surface area contributed by atoms with Crippen LogP contribution in [0, 0.1) is 5.92 Å². The lowest BCUT2D eigenvalue weighted by molar-refractivity contribution is 0.111. The number of carbonyl (C=O) groups is 1. The van der Waals surface area contributed by atoms with E-state index in [-0.39, 0.29) is 12.2 Å². The van der Waals surface area contributed by atoms with E-state index < -0.39 is 0 Å². The summed E-state index contributed by atoms with van der Waals surface area (Å²) in [5, 5.41) is 2.95. The summed E-state index contributed by atoms with van der Waals surface area (Å²) in [6, 6.07) is 0.321. The van der Waals surface area contributed by atoms with Crippen molar-refractivity contribution in [1.82, 2.24) is 5.32 Å². The first-order valence-corrected chi connectivity index (χ1v) is 6.05. The van der Waals surface area contributed by atoms with E-state index in [1.165, 1.54) is 19.3 Å². The minimum atomic E-state index is -0.260. The van der Waals surface area contributed by atoms with Gasteiger partial charge in [-0.2, -0.15) is 0 Å². The Morgan fingerprint density at radius 1 is 1.27 bits per heavy atom. The number of amides is 1. The van der Waals surface area contributed by atoms with E-state index in [0.29, 0.717) is 6.04 Å². The molecule has 1 saturated carbocycles. The van der Waals surface area contributed by atoms with Gasteiger partial charge in [0.05, 0.1) is 6.10 Å². The van der Waals surface area contributed by atoms with E-state index in [0.717, 1.165) is 18.8 Å². The van der Waals surface area contributed by atoms with Crippen molar-refractivity contribution in [1.29, 1.82) is 0 Å². The van der Waals surface area contributed by atoms with Gasteiger partial charge in [0.25, 0.3) is 0 Å². The fourth-order valence-corrected chi connectivity index (χ4v) is 2.05. The van der Waals surface area contributed by atoms with Crippen LogP contribution in [-0.4, -0.2) is 18.2 Å². The smallest absolute Gasteiger partial charge is 0.407 e.